The van der Waals surface area contributed by atoms with Crippen molar-refractivity contribution in [1.82, 2.24) is 9.55 Å². The van der Waals surface area contributed by atoms with Crippen LogP contribution in [0.2, 0.25) is 0 Å². The van der Waals surface area contributed by atoms with E-state index in [1.54, 1.807) is 6.07 Å². The van der Waals surface area contributed by atoms with Gasteiger partial charge in [0.2, 0.25) is 5.91 Å². The number of nitrogens with one attached hydrogen (secondary N) is 1. The normalized spacial score (nSPS) is 10.8. The smallest absolute Gasteiger partial charge is 0.263 e. The number of nitrogens with zero attached hydrogens (tertiary/aromatic N) is 1. The Morgan fingerprint density at radius 2 is 2.35 bits per heavy atom. The topological polar surface area (TPSA) is 80.9 Å². The lowest BCUT2D eigenvalue weighted by Crippen LogP contribution is -2.22. The van der Waals surface area contributed by atoms with E-state index in [1.165, 1.54) is 15.9 Å². The van der Waals surface area contributed by atoms with Crippen LogP contribution in [-0.2, 0) is 11.3 Å². The Kier molecular flexibility index (Phi) is 3.39. The van der Waals surface area contributed by atoms with Gasteiger partial charge >= 0.3 is 0 Å². The summed E-state index contributed by atoms with van der Waals surface area (Å²) in [6.07, 6.45) is 0.769. The Morgan fingerprint density at radius 3 is 3.06 bits per heavy atom. The Hall–Kier alpha value is -1.47. The molecule has 2 aromatic rings. The average molecular weight is 269 g/mol. The molecule has 0 unspecified atom stereocenters. The van der Waals surface area contributed by atoms with E-state index >= 15 is 0 Å². The maximum absolute atomic E-state index is 12.1. The summed E-state index contributed by atoms with van der Waals surface area (Å²) >= 11 is 6.55. The van der Waals surface area contributed by atoms with Crippen LogP contribution in [0.25, 0.3) is 10.2 Å². The number of fused-ring (bicyclic) bond motifs is 1. The fourth-order valence-corrected chi connectivity index (χ4v) is 2.71. The summed E-state index contributed by atoms with van der Waals surface area (Å²) < 4.78 is 1.85. The summed E-state index contributed by atoms with van der Waals surface area (Å²) in [6.45, 7) is 0.406. The van der Waals surface area contributed by atoms with Crippen molar-refractivity contribution in [1.29, 1.82) is 0 Å². The molecule has 0 bridgehead atoms. The number of hydrogen-bond acceptors (Lipinski definition) is 4. The summed E-state index contributed by atoms with van der Waals surface area (Å²) in [7, 11) is 0. The van der Waals surface area contributed by atoms with Crippen molar-refractivity contribution in [3.05, 3.63) is 26.6 Å². The summed E-state index contributed by atoms with van der Waals surface area (Å²) in [5.41, 5.74) is 4.93. The second kappa shape index (κ2) is 4.80. The van der Waals surface area contributed by atoms with E-state index in [0.717, 1.165) is 4.83 Å². The molecule has 0 saturated heterocycles. The molecule has 0 radical (unpaired) electrons. The van der Waals surface area contributed by atoms with E-state index in [1.807, 2.05) is 5.38 Å². The number of H-pyrrole nitrogens is 1. The third-order valence-corrected chi connectivity index (χ3v) is 3.56. The van der Waals surface area contributed by atoms with Crippen LogP contribution in [-0.4, -0.2) is 15.5 Å². The minimum absolute atomic E-state index is 0.116. The fourth-order valence-electron chi connectivity index (χ4n) is 1.59. The second-order valence-electron chi connectivity index (χ2n) is 3.62. The summed E-state index contributed by atoms with van der Waals surface area (Å²) in [4.78, 5) is 26.5. The van der Waals surface area contributed by atoms with Gasteiger partial charge in [0, 0.05) is 13.0 Å². The van der Waals surface area contributed by atoms with Crippen LogP contribution in [0.1, 0.15) is 12.8 Å². The first kappa shape index (κ1) is 12.0. The maximum atomic E-state index is 12.1. The van der Waals surface area contributed by atoms with Gasteiger partial charge in [0.15, 0.2) is 4.77 Å². The fraction of sp³-hybridized carbons (Fsp3) is 0.300. The van der Waals surface area contributed by atoms with Crippen LogP contribution >= 0.6 is 23.6 Å². The average Bonchev–Trinajstić information content (AvgIpc) is 2.70. The van der Waals surface area contributed by atoms with Crippen molar-refractivity contribution in [2.75, 3.05) is 0 Å². The number of hydrogen-bond donors (Lipinski definition) is 2. The molecular weight excluding hydrogens is 258 g/mol. The molecule has 3 N–H and O–H groups in total. The Labute approximate surface area is 106 Å². The monoisotopic (exact) mass is 269 g/mol. The molecular formula is C10H11N3O2S2. The quantitative estimate of drug-likeness (QED) is 0.823. The predicted octanol–water partition coefficient (Wildman–Crippen LogP) is 1.39. The van der Waals surface area contributed by atoms with Crippen LogP contribution < -0.4 is 11.3 Å². The van der Waals surface area contributed by atoms with Crippen molar-refractivity contribution in [3.63, 3.8) is 0 Å². The first-order valence-electron chi connectivity index (χ1n) is 5.08. The molecule has 0 aromatic carbocycles. The molecule has 90 valence electrons. The molecule has 0 spiro atoms. The first-order chi connectivity index (χ1) is 8.09. The van der Waals surface area contributed by atoms with Gasteiger partial charge in [0.05, 0.1) is 5.39 Å². The Balaban J connectivity index is 2.36. The van der Waals surface area contributed by atoms with Crippen LogP contribution in [0.15, 0.2) is 16.2 Å². The first-order valence-corrected chi connectivity index (χ1v) is 6.37. The van der Waals surface area contributed by atoms with Crippen molar-refractivity contribution >= 4 is 39.7 Å². The molecule has 7 heteroatoms. The molecule has 0 saturated carbocycles. The highest BCUT2D eigenvalue weighted by Gasteiger charge is 2.06. The van der Waals surface area contributed by atoms with Crippen LogP contribution in [0.4, 0.5) is 0 Å². The highest BCUT2D eigenvalue weighted by Crippen LogP contribution is 2.14. The summed E-state index contributed by atoms with van der Waals surface area (Å²) in [5.74, 6) is -0.371. The SMILES string of the molecule is NC(=O)CCCn1c(=S)[nH]c2sccc2c1=O. The number of aromatic amines is 1. The van der Waals surface area contributed by atoms with Gasteiger partial charge in [-0.15, -0.1) is 11.3 Å². The number of thiophene rings is 1. The van der Waals surface area contributed by atoms with Crippen molar-refractivity contribution in [2.45, 2.75) is 19.4 Å². The van der Waals surface area contributed by atoms with Gasteiger partial charge in [-0.1, -0.05) is 0 Å². The number of nitrogens with two attached hydrogens (primary N) is 1. The summed E-state index contributed by atoms with van der Waals surface area (Å²) in [5, 5.41) is 2.47. The van der Waals surface area contributed by atoms with E-state index in [4.69, 9.17) is 18.0 Å². The van der Waals surface area contributed by atoms with E-state index in [0.29, 0.717) is 23.1 Å². The lowest BCUT2D eigenvalue weighted by Gasteiger charge is -2.05. The molecule has 2 aromatic heterocycles. The number of amides is 1. The minimum atomic E-state index is -0.371. The summed E-state index contributed by atoms with van der Waals surface area (Å²) in [6, 6.07) is 1.76. The van der Waals surface area contributed by atoms with Gasteiger partial charge in [-0.3, -0.25) is 14.2 Å². The third kappa shape index (κ3) is 2.45. The number of aromatic nitrogens is 2. The van der Waals surface area contributed by atoms with E-state index in [-0.39, 0.29) is 17.9 Å². The molecule has 0 atom stereocenters. The van der Waals surface area contributed by atoms with Gasteiger partial charge in [0.25, 0.3) is 5.56 Å². The van der Waals surface area contributed by atoms with E-state index < -0.39 is 0 Å². The molecule has 17 heavy (non-hydrogen) atoms. The molecule has 0 aliphatic carbocycles. The molecule has 0 aliphatic rings. The lowest BCUT2D eigenvalue weighted by molar-refractivity contribution is -0.118. The standard InChI is InChI=1S/C10H11N3O2S2/c11-7(14)2-1-4-13-9(15)6-3-5-17-8(6)12-10(13)16/h3,5H,1-2,4H2,(H2,11,14)(H,12,16). The molecule has 2 heterocycles. The Bertz CT molecular complexity index is 668. The number of carbonyl (C=O) groups is 1. The predicted molar refractivity (Wildman–Crippen MR) is 69.7 cm³/mol. The third-order valence-electron chi connectivity index (χ3n) is 2.41. The molecule has 5 nitrogen and oxygen atoms in total. The van der Waals surface area contributed by atoms with E-state index in [2.05, 4.69) is 4.98 Å². The van der Waals surface area contributed by atoms with Gasteiger partial charge < -0.3 is 10.7 Å². The van der Waals surface area contributed by atoms with Crippen LogP contribution in [0.5, 0.6) is 0 Å². The largest absolute Gasteiger partial charge is 0.370 e. The zero-order valence-electron chi connectivity index (χ0n) is 8.93. The Morgan fingerprint density at radius 1 is 1.59 bits per heavy atom. The lowest BCUT2D eigenvalue weighted by atomic mass is 10.3. The van der Waals surface area contributed by atoms with Crippen molar-refractivity contribution in [2.24, 2.45) is 5.73 Å². The number of primary amides is 1. The zero-order valence-corrected chi connectivity index (χ0v) is 10.6. The van der Waals surface area contributed by atoms with Crippen LogP contribution in [0.3, 0.4) is 0 Å². The van der Waals surface area contributed by atoms with Crippen molar-refractivity contribution in [3.8, 4) is 0 Å². The number of rotatable bonds is 4. The van der Waals surface area contributed by atoms with Crippen molar-refractivity contribution < 1.29 is 4.79 Å². The highest BCUT2D eigenvalue weighted by atomic mass is 32.1. The molecule has 0 fully saturated rings. The minimum Gasteiger partial charge on any atom is -0.370 e. The van der Waals surface area contributed by atoms with E-state index in [9.17, 15) is 9.59 Å². The van der Waals surface area contributed by atoms with Gasteiger partial charge in [-0.05, 0) is 30.1 Å². The molecule has 1 amide bonds. The van der Waals surface area contributed by atoms with Gasteiger partial charge in [-0.2, -0.15) is 0 Å². The highest BCUT2D eigenvalue weighted by molar-refractivity contribution is 7.71. The van der Waals surface area contributed by atoms with Gasteiger partial charge in [0.1, 0.15) is 4.83 Å². The number of carbonyl (C=O) groups excluding carboxylic acids is 1. The zero-order chi connectivity index (χ0) is 12.4. The maximum Gasteiger partial charge on any atom is 0.263 e. The van der Waals surface area contributed by atoms with Crippen LogP contribution in [0, 0.1) is 4.77 Å². The van der Waals surface area contributed by atoms with Gasteiger partial charge in [-0.25, -0.2) is 0 Å². The molecule has 0 aliphatic heterocycles. The molecule has 2 rings (SSSR count). The second-order valence-corrected chi connectivity index (χ2v) is 4.92.